The van der Waals surface area contributed by atoms with Gasteiger partial charge in [-0.05, 0) is 6.07 Å². The van der Waals surface area contributed by atoms with Crippen molar-refractivity contribution < 1.29 is 9.53 Å². The topological polar surface area (TPSA) is 73.1 Å². The molecule has 0 aliphatic carbocycles. The minimum Gasteiger partial charge on any atom is -0.379 e. The second-order valence-electron chi connectivity index (χ2n) is 5.30. The summed E-state index contributed by atoms with van der Waals surface area (Å²) in [6.45, 7) is 1.03. The third-order valence-corrected chi connectivity index (χ3v) is 4.01. The van der Waals surface area contributed by atoms with Crippen molar-refractivity contribution in [2.24, 2.45) is 7.05 Å². The van der Waals surface area contributed by atoms with Crippen molar-refractivity contribution in [3.8, 4) is 0 Å². The van der Waals surface area contributed by atoms with Crippen molar-refractivity contribution in [2.75, 3.05) is 20.2 Å². The first-order valence-corrected chi connectivity index (χ1v) is 7.25. The molecule has 1 fully saturated rings. The maximum absolute atomic E-state index is 12.6. The number of hydrogen-bond donors (Lipinski definition) is 0. The molecule has 0 bridgehead atoms. The van der Waals surface area contributed by atoms with Gasteiger partial charge in [0.05, 0.1) is 28.3 Å². The molecule has 3 rings (SSSR count). The quantitative estimate of drug-likeness (QED) is 0.847. The highest BCUT2D eigenvalue weighted by Crippen LogP contribution is 2.29. The zero-order valence-electron chi connectivity index (χ0n) is 12.3. The lowest BCUT2D eigenvalue weighted by Gasteiger charge is -2.15. The summed E-state index contributed by atoms with van der Waals surface area (Å²) < 4.78 is 7.16. The van der Waals surface area contributed by atoms with Gasteiger partial charge in [-0.25, -0.2) is 0 Å². The second kappa shape index (κ2) is 6.02. The summed E-state index contributed by atoms with van der Waals surface area (Å²) in [4.78, 5) is 18.3. The average Bonchev–Trinajstić information content (AvgIpc) is 3.12. The van der Waals surface area contributed by atoms with Gasteiger partial charge in [0.1, 0.15) is 0 Å². The number of aromatic nitrogens is 4. The van der Waals surface area contributed by atoms with E-state index in [-0.39, 0.29) is 17.9 Å². The molecule has 0 aromatic carbocycles. The number of amides is 1. The maximum atomic E-state index is 12.6. The molecule has 2 aromatic heterocycles. The number of ether oxygens (including phenoxy) is 1. The molecule has 116 valence electrons. The number of methoxy groups -OCH3 is 1. The van der Waals surface area contributed by atoms with Crippen molar-refractivity contribution in [1.29, 1.82) is 0 Å². The first-order valence-electron chi connectivity index (χ1n) is 6.87. The Labute approximate surface area is 132 Å². The van der Waals surface area contributed by atoms with Crippen LogP contribution in [0.2, 0.25) is 5.02 Å². The molecule has 2 atom stereocenters. The largest absolute Gasteiger partial charge is 0.379 e. The number of halogens is 1. The van der Waals surface area contributed by atoms with Gasteiger partial charge in [0, 0.05) is 45.8 Å². The molecule has 0 spiro atoms. The van der Waals surface area contributed by atoms with E-state index in [1.54, 1.807) is 22.8 Å². The smallest absolute Gasteiger partial charge is 0.255 e. The molecule has 0 radical (unpaired) electrons. The highest BCUT2D eigenvalue weighted by Gasteiger charge is 2.38. The van der Waals surface area contributed by atoms with Crippen LogP contribution in [0.1, 0.15) is 22.0 Å². The normalized spacial score (nSPS) is 21.3. The Hall–Kier alpha value is -1.99. The molecule has 0 unspecified atom stereocenters. The van der Waals surface area contributed by atoms with Crippen LogP contribution in [-0.4, -0.2) is 57.1 Å². The van der Waals surface area contributed by atoms with E-state index in [9.17, 15) is 4.79 Å². The first-order chi connectivity index (χ1) is 10.6. The summed E-state index contributed by atoms with van der Waals surface area (Å²) in [5, 5.41) is 8.53. The SMILES string of the molecule is CO[C@@H]1CN(C(=O)c2cncc(Cl)c2)C[C@H]1c1cn(C)nn1. The van der Waals surface area contributed by atoms with Crippen LogP contribution >= 0.6 is 11.6 Å². The standard InChI is InChI=1S/C14H16ClN5O2/c1-19-7-12(17-18-19)11-6-20(8-13(11)22-2)14(21)9-3-10(15)5-16-4-9/h3-5,7,11,13H,6,8H2,1-2H3/t11-,13+/m0/s1. The predicted molar refractivity (Wildman–Crippen MR) is 79.7 cm³/mol. The van der Waals surface area contributed by atoms with Gasteiger partial charge in [-0.15, -0.1) is 5.10 Å². The van der Waals surface area contributed by atoms with Gasteiger partial charge in [-0.1, -0.05) is 16.8 Å². The molecule has 1 saturated heterocycles. The highest BCUT2D eigenvalue weighted by atomic mass is 35.5. The van der Waals surface area contributed by atoms with Crippen LogP contribution < -0.4 is 0 Å². The van der Waals surface area contributed by atoms with E-state index in [2.05, 4.69) is 15.3 Å². The van der Waals surface area contributed by atoms with Crippen LogP contribution in [0, 0.1) is 0 Å². The Morgan fingerprint density at radius 2 is 2.23 bits per heavy atom. The summed E-state index contributed by atoms with van der Waals surface area (Å²) >= 11 is 5.90. The minimum atomic E-state index is -0.108. The molecule has 3 heterocycles. The van der Waals surface area contributed by atoms with E-state index in [1.807, 2.05) is 13.2 Å². The van der Waals surface area contributed by atoms with Crippen molar-refractivity contribution in [3.63, 3.8) is 0 Å². The van der Waals surface area contributed by atoms with E-state index < -0.39 is 0 Å². The fourth-order valence-corrected chi connectivity index (χ4v) is 2.88. The van der Waals surface area contributed by atoms with Crippen LogP contribution in [-0.2, 0) is 11.8 Å². The van der Waals surface area contributed by atoms with Crippen molar-refractivity contribution in [3.05, 3.63) is 40.9 Å². The van der Waals surface area contributed by atoms with Crippen LogP contribution in [0.4, 0.5) is 0 Å². The third-order valence-electron chi connectivity index (χ3n) is 3.81. The van der Waals surface area contributed by atoms with E-state index >= 15 is 0 Å². The fraction of sp³-hybridized carbons (Fsp3) is 0.429. The fourth-order valence-electron chi connectivity index (χ4n) is 2.71. The monoisotopic (exact) mass is 321 g/mol. The third kappa shape index (κ3) is 2.82. The van der Waals surface area contributed by atoms with Gasteiger partial charge in [0.2, 0.25) is 0 Å². The van der Waals surface area contributed by atoms with Crippen molar-refractivity contribution in [1.82, 2.24) is 24.9 Å². The Bertz CT molecular complexity index is 689. The van der Waals surface area contributed by atoms with Crippen LogP contribution in [0.25, 0.3) is 0 Å². The van der Waals surface area contributed by atoms with E-state index in [1.165, 1.54) is 12.4 Å². The number of hydrogen-bond acceptors (Lipinski definition) is 5. The summed E-state index contributed by atoms with van der Waals surface area (Å²) in [6, 6.07) is 1.62. The Morgan fingerprint density at radius 3 is 2.86 bits per heavy atom. The lowest BCUT2D eigenvalue weighted by molar-refractivity contribution is 0.0714. The van der Waals surface area contributed by atoms with E-state index in [4.69, 9.17) is 16.3 Å². The number of carbonyl (C=O) groups excluding carboxylic acids is 1. The number of nitrogens with zero attached hydrogens (tertiary/aromatic N) is 5. The summed E-state index contributed by atoms with van der Waals surface area (Å²) in [7, 11) is 3.46. The minimum absolute atomic E-state index is 0.00907. The molecule has 8 heteroatoms. The molecule has 1 aliphatic rings. The summed E-state index contributed by atoms with van der Waals surface area (Å²) in [5.74, 6) is -0.0989. The number of rotatable bonds is 3. The number of carbonyl (C=O) groups is 1. The average molecular weight is 322 g/mol. The molecule has 22 heavy (non-hydrogen) atoms. The second-order valence-corrected chi connectivity index (χ2v) is 5.74. The van der Waals surface area contributed by atoms with Gasteiger partial charge in [0.15, 0.2) is 0 Å². The van der Waals surface area contributed by atoms with Gasteiger partial charge in [-0.2, -0.15) is 0 Å². The number of likely N-dealkylation sites (tertiary alicyclic amines) is 1. The summed E-state index contributed by atoms with van der Waals surface area (Å²) in [6.07, 6.45) is 4.77. The van der Waals surface area contributed by atoms with Crippen molar-refractivity contribution in [2.45, 2.75) is 12.0 Å². The molecular weight excluding hydrogens is 306 g/mol. The van der Waals surface area contributed by atoms with Crippen molar-refractivity contribution >= 4 is 17.5 Å². The molecule has 0 N–H and O–H groups in total. The zero-order valence-corrected chi connectivity index (χ0v) is 13.1. The lowest BCUT2D eigenvalue weighted by atomic mass is 10.0. The van der Waals surface area contributed by atoms with E-state index in [0.717, 1.165) is 5.69 Å². The highest BCUT2D eigenvalue weighted by molar-refractivity contribution is 6.30. The molecule has 0 saturated carbocycles. The number of pyridine rings is 1. The van der Waals surface area contributed by atoms with Crippen LogP contribution in [0.3, 0.4) is 0 Å². The Morgan fingerprint density at radius 1 is 1.41 bits per heavy atom. The lowest BCUT2D eigenvalue weighted by Crippen LogP contribution is -2.30. The Kier molecular flexibility index (Phi) is 4.08. The molecule has 1 aliphatic heterocycles. The van der Waals surface area contributed by atoms with Gasteiger partial charge < -0.3 is 9.64 Å². The van der Waals surface area contributed by atoms with Gasteiger partial charge in [-0.3, -0.25) is 14.5 Å². The number of aryl methyl sites for hydroxylation is 1. The van der Waals surface area contributed by atoms with Gasteiger partial charge >= 0.3 is 0 Å². The first kappa shape index (κ1) is 14.9. The maximum Gasteiger partial charge on any atom is 0.255 e. The van der Waals surface area contributed by atoms with Crippen LogP contribution in [0.5, 0.6) is 0 Å². The molecule has 1 amide bonds. The van der Waals surface area contributed by atoms with Crippen LogP contribution in [0.15, 0.2) is 24.7 Å². The summed E-state index contributed by atoms with van der Waals surface area (Å²) in [5.41, 5.74) is 1.30. The predicted octanol–water partition coefficient (Wildman–Crippen LogP) is 1.12. The van der Waals surface area contributed by atoms with Gasteiger partial charge in [0.25, 0.3) is 5.91 Å². The molecule has 7 nitrogen and oxygen atoms in total. The molecule has 2 aromatic rings. The van der Waals surface area contributed by atoms with E-state index in [0.29, 0.717) is 23.7 Å². The zero-order chi connectivity index (χ0) is 15.7. The Balaban J connectivity index is 1.80. The molecular formula is C14H16ClN5O2.